The highest BCUT2D eigenvalue weighted by Crippen LogP contribution is 2.41. The van der Waals surface area contributed by atoms with Crippen LogP contribution in [-0.2, 0) is 31.1 Å². The van der Waals surface area contributed by atoms with Crippen molar-refractivity contribution < 1.29 is 42.1 Å². The van der Waals surface area contributed by atoms with Crippen LogP contribution in [0.2, 0.25) is 0 Å². The van der Waals surface area contributed by atoms with Crippen molar-refractivity contribution in [2.24, 2.45) is 0 Å². The van der Waals surface area contributed by atoms with Crippen LogP contribution in [0, 0.1) is 11.6 Å². The lowest BCUT2D eigenvalue weighted by atomic mass is 9.92. The van der Waals surface area contributed by atoms with E-state index in [4.69, 9.17) is 18.9 Å². The van der Waals surface area contributed by atoms with Crippen LogP contribution in [0.3, 0.4) is 0 Å². The standard InChI is InChI=1S/C29H25F2N3O8S/c1-38-28(37)41-14-40-26-21(35)8-20(34-25(26)27(36)33-11-29(12-39-13-29)42-9-23(33)32-34)17-7-19(30)24(31)18-10-43-22-5-3-2-4-15(22)6-16(17)18/h2-5,7-8,23,32H,6,9-14H2,1H3/t23-/m0/s1. The molecule has 0 unspecified atom stereocenters. The van der Waals surface area contributed by atoms with E-state index in [-0.39, 0.29) is 53.6 Å². The Morgan fingerprint density at radius 1 is 1.19 bits per heavy atom. The van der Waals surface area contributed by atoms with Crippen LogP contribution < -0.4 is 15.6 Å². The molecular weight excluding hydrogens is 588 g/mol. The molecule has 0 saturated carbocycles. The number of amides is 1. The SMILES string of the molecule is COC(=O)OCOc1c2n(c(-c3cc(F)c(F)c4c3Cc3ccccc3SC4)cc1=O)N[C@@H]1COC3(COC3)CN1C2=O. The molecule has 5 heterocycles. The third-order valence-corrected chi connectivity index (χ3v) is 9.14. The minimum atomic E-state index is -1.08. The highest BCUT2D eigenvalue weighted by atomic mass is 32.2. The van der Waals surface area contributed by atoms with Crippen LogP contribution >= 0.6 is 11.8 Å². The van der Waals surface area contributed by atoms with Gasteiger partial charge in [-0.25, -0.2) is 18.3 Å². The average molecular weight is 614 g/mol. The van der Waals surface area contributed by atoms with Crippen LogP contribution in [0.25, 0.3) is 11.3 Å². The Kier molecular flexibility index (Phi) is 6.78. The number of nitrogens with one attached hydrogen (secondary N) is 1. The zero-order valence-electron chi connectivity index (χ0n) is 22.8. The molecule has 14 heteroatoms. The zero-order chi connectivity index (χ0) is 29.9. The van der Waals surface area contributed by atoms with E-state index >= 15 is 8.78 Å². The first-order chi connectivity index (χ1) is 20.8. The number of hydrogen-bond donors (Lipinski definition) is 1. The highest BCUT2D eigenvalue weighted by Gasteiger charge is 2.51. The predicted molar refractivity (Wildman–Crippen MR) is 148 cm³/mol. The van der Waals surface area contributed by atoms with Gasteiger partial charge in [0.2, 0.25) is 18.0 Å². The zero-order valence-corrected chi connectivity index (χ0v) is 23.6. The number of halogens is 2. The Morgan fingerprint density at radius 3 is 2.77 bits per heavy atom. The number of carbonyl (C=O) groups is 2. The molecule has 4 aliphatic rings. The molecule has 0 aliphatic carbocycles. The first kappa shape index (κ1) is 27.7. The minimum Gasteiger partial charge on any atom is -0.451 e. The monoisotopic (exact) mass is 613 g/mol. The molecule has 1 N–H and O–H groups in total. The summed E-state index contributed by atoms with van der Waals surface area (Å²) in [5, 5.41) is 0. The fourth-order valence-corrected chi connectivity index (χ4v) is 6.90. The molecule has 3 aromatic rings. The lowest BCUT2D eigenvalue weighted by Crippen LogP contribution is -2.70. The Labute approximate surface area is 247 Å². The summed E-state index contributed by atoms with van der Waals surface area (Å²) in [7, 11) is 1.11. The Hall–Kier alpha value is -4.14. The molecule has 2 fully saturated rings. The van der Waals surface area contributed by atoms with Crippen LogP contribution in [0.15, 0.2) is 46.1 Å². The van der Waals surface area contributed by atoms with Gasteiger partial charge < -0.3 is 34.0 Å². The first-order valence-electron chi connectivity index (χ1n) is 13.4. The quantitative estimate of drug-likeness (QED) is 0.347. The van der Waals surface area contributed by atoms with Crippen molar-refractivity contribution in [1.29, 1.82) is 0 Å². The Bertz CT molecular complexity index is 1730. The molecule has 2 saturated heterocycles. The second kappa shape index (κ2) is 10.5. The summed E-state index contributed by atoms with van der Waals surface area (Å²) in [6, 6.07) is 9.83. The lowest BCUT2D eigenvalue weighted by molar-refractivity contribution is -0.241. The largest absolute Gasteiger partial charge is 0.510 e. The van der Waals surface area contributed by atoms with Gasteiger partial charge in [0.15, 0.2) is 17.3 Å². The van der Waals surface area contributed by atoms with Crippen LogP contribution in [0.1, 0.15) is 27.2 Å². The van der Waals surface area contributed by atoms with E-state index in [0.29, 0.717) is 18.8 Å². The molecule has 4 aliphatic heterocycles. The van der Waals surface area contributed by atoms with Crippen molar-refractivity contribution in [3.63, 3.8) is 0 Å². The fourth-order valence-electron chi connectivity index (χ4n) is 5.80. The number of hydrogen-bond acceptors (Lipinski definition) is 10. The van der Waals surface area contributed by atoms with Gasteiger partial charge in [0, 0.05) is 27.8 Å². The summed E-state index contributed by atoms with van der Waals surface area (Å²) in [6.07, 6.45) is -1.42. The topological polar surface area (TPSA) is 118 Å². The summed E-state index contributed by atoms with van der Waals surface area (Å²) in [5.74, 6) is -2.80. The summed E-state index contributed by atoms with van der Waals surface area (Å²) < 4.78 is 58.0. The second-order valence-electron chi connectivity index (χ2n) is 10.6. The molecule has 43 heavy (non-hydrogen) atoms. The number of fused-ring (bicyclic) bond motifs is 4. The van der Waals surface area contributed by atoms with Gasteiger partial charge >= 0.3 is 6.16 Å². The minimum absolute atomic E-state index is 0.113. The third kappa shape index (κ3) is 4.60. The van der Waals surface area contributed by atoms with Crippen LogP contribution in [-0.4, -0.2) is 73.7 Å². The number of pyridine rings is 1. The first-order valence-corrected chi connectivity index (χ1v) is 14.4. The molecular formula is C29H25F2N3O8S. The van der Waals surface area contributed by atoms with Gasteiger partial charge in [-0.3, -0.25) is 9.59 Å². The number of aromatic nitrogens is 1. The molecule has 1 aromatic heterocycles. The summed E-state index contributed by atoms with van der Waals surface area (Å²) in [4.78, 5) is 41.7. The summed E-state index contributed by atoms with van der Waals surface area (Å²) in [5.41, 5.74) is 3.63. The van der Waals surface area contributed by atoms with E-state index in [0.717, 1.165) is 23.6 Å². The second-order valence-corrected chi connectivity index (χ2v) is 11.6. The molecule has 0 radical (unpaired) electrons. The normalized spacial score (nSPS) is 19.6. The summed E-state index contributed by atoms with van der Waals surface area (Å²) in [6.45, 7) is 0.219. The van der Waals surface area contributed by atoms with E-state index in [9.17, 15) is 14.4 Å². The Morgan fingerprint density at radius 2 is 2.00 bits per heavy atom. The summed E-state index contributed by atoms with van der Waals surface area (Å²) >= 11 is 1.40. The number of thioether (sulfide) groups is 1. The van der Waals surface area contributed by atoms with E-state index in [1.807, 2.05) is 24.3 Å². The number of rotatable bonds is 4. The number of nitrogens with zero attached hydrogens (tertiary/aromatic N) is 2. The maximum Gasteiger partial charge on any atom is 0.510 e. The smallest absolute Gasteiger partial charge is 0.451 e. The van der Waals surface area contributed by atoms with Gasteiger partial charge in [0.1, 0.15) is 11.8 Å². The van der Waals surface area contributed by atoms with Crippen molar-refractivity contribution in [3.8, 4) is 17.0 Å². The van der Waals surface area contributed by atoms with Crippen LogP contribution in [0.4, 0.5) is 13.6 Å². The van der Waals surface area contributed by atoms with Crippen molar-refractivity contribution in [3.05, 3.63) is 80.6 Å². The predicted octanol–water partition coefficient (Wildman–Crippen LogP) is 3.23. The maximum absolute atomic E-state index is 15.3. The van der Waals surface area contributed by atoms with Gasteiger partial charge in [0.05, 0.1) is 39.2 Å². The van der Waals surface area contributed by atoms with Crippen molar-refractivity contribution in [2.75, 3.05) is 45.7 Å². The highest BCUT2D eigenvalue weighted by molar-refractivity contribution is 7.98. The van der Waals surface area contributed by atoms with Crippen molar-refractivity contribution >= 4 is 23.8 Å². The van der Waals surface area contributed by atoms with E-state index in [1.54, 1.807) is 0 Å². The van der Waals surface area contributed by atoms with E-state index < -0.39 is 47.7 Å². The molecule has 1 atom stereocenters. The van der Waals surface area contributed by atoms with Gasteiger partial charge in [-0.15, -0.1) is 11.8 Å². The molecule has 1 amide bonds. The third-order valence-electron chi connectivity index (χ3n) is 7.99. The number of methoxy groups -OCH3 is 1. The molecule has 1 spiro atoms. The molecule has 0 bridgehead atoms. The van der Waals surface area contributed by atoms with Crippen molar-refractivity contribution in [2.45, 2.75) is 28.8 Å². The van der Waals surface area contributed by atoms with E-state index in [2.05, 4.69) is 10.2 Å². The van der Waals surface area contributed by atoms with E-state index in [1.165, 1.54) is 27.4 Å². The van der Waals surface area contributed by atoms with Crippen molar-refractivity contribution in [1.82, 2.24) is 9.58 Å². The molecule has 7 rings (SSSR count). The number of morpholine rings is 1. The average Bonchev–Trinajstić information content (AvgIpc) is 3.19. The molecule has 2 aromatic carbocycles. The Balaban J connectivity index is 1.39. The van der Waals surface area contributed by atoms with Crippen LogP contribution in [0.5, 0.6) is 5.75 Å². The number of carbonyl (C=O) groups excluding carboxylic acids is 2. The van der Waals surface area contributed by atoms with Gasteiger partial charge in [-0.05, 0) is 29.7 Å². The molecule has 11 nitrogen and oxygen atoms in total. The number of ether oxygens (including phenoxy) is 5. The lowest BCUT2D eigenvalue weighted by Gasteiger charge is -2.52. The maximum atomic E-state index is 15.3. The number of benzene rings is 2. The fraction of sp³-hybridized carbons (Fsp3) is 0.345. The molecule has 224 valence electrons. The van der Waals surface area contributed by atoms with Gasteiger partial charge in [0.25, 0.3) is 5.91 Å². The van der Waals surface area contributed by atoms with Gasteiger partial charge in [-0.1, -0.05) is 18.2 Å². The van der Waals surface area contributed by atoms with Gasteiger partial charge in [-0.2, -0.15) is 0 Å².